The second-order valence-electron chi connectivity index (χ2n) is 6.17. The summed E-state index contributed by atoms with van der Waals surface area (Å²) < 4.78 is 4.94. The smallest absolute Gasteiger partial charge is 0.338 e. The van der Waals surface area contributed by atoms with Gasteiger partial charge in [-0.15, -0.1) is 0 Å². The summed E-state index contributed by atoms with van der Waals surface area (Å²) in [6.07, 6.45) is 1.58. The van der Waals surface area contributed by atoms with Crippen LogP contribution in [0, 0.1) is 6.92 Å². The van der Waals surface area contributed by atoms with Crippen LogP contribution in [0.2, 0.25) is 0 Å². The zero-order chi connectivity index (χ0) is 19.9. The number of aryl methyl sites for hydroxylation is 1. The van der Waals surface area contributed by atoms with E-state index in [1.807, 2.05) is 31.2 Å². The third-order valence-corrected chi connectivity index (χ3v) is 3.99. The number of rotatable bonds is 6. The molecule has 2 aromatic carbocycles. The van der Waals surface area contributed by atoms with Gasteiger partial charge in [-0.1, -0.05) is 17.7 Å². The number of hydrogen-bond donors (Lipinski definition) is 2. The maximum Gasteiger partial charge on any atom is 0.338 e. The van der Waals surface area contributed by atoms with Gasteiger partial charge in [0.1, 0.15) is 5.69 Å². The molecular weight excluding hydrogens is 354 g/mol. The molecule has 0 saturated heterocycles. The zero-order valence-electron chi connectivity index (χ0n) is 15.7. The van der Waals surface area contributed by atoms with Crippen molar-refractivity contribution in [2.75, 3.05) is 17.2 Å². The van der Waals surface area contributed by atoms with Crippen molar-refractivity contribution in [1.82, 2.24) is 4.98 Å². The molecule has 0 fully saturated rings. The van der Waals surface area contributed by atoms with Crippen molar-refractivity contribution in [3.8, 4) is 0 Å². The van der Waals surface area contributed by atoms with Gasteiger partial charge in [0.15, 0.2) is 0 Å². The number of esters is 1. The number of carbonyl (C=O) groups is 2. The van der Waals surface area contributed by atoms with Gasteiger partial charge in [-0.3, -0.25) is 9.78 Å². The van der Waals surface area contributed by atoms with E-state index in [9.17, 15) is 9.59 Å². The molecule has 1 aromatic heterocycles. The summed E-state index contributed by atoms with van der Waals surface area (Å²) in [7, 11) is 0. The fourth-order valence-corrected chi connectivity index (χ4v) is 2.54. The van der Waals surface area contributed by atoms with E-state index >= 15 is 0 Å². The van der Waals surface area contributed by atoms with Crippen molar-refractivity contribution >= 4 is 28.9 Å². The van der Waals surface area contributed by atoms with Crippen molar-refractivity contribution in [2.24, 2.45) is 0 Å². The van der Waals surface area contributed by atoms with E-state index in [1.54, 1.807) is 49.5 Å². The molecule has 0 atom stereocenters. The van der Waals surface area contributed by atoms with E-state index in [-0.39, 0.29) is 11.6 Å². The van der Waals surface area contributed by atoms with Crippen molar-refractivity contribution < 1.29 is 14.3 Å². The van der Waals surface area contributed by atoms with Crippen molar-refractivity contribution in [3.63, 3.8) is 0 Å². The summed E-state index contributed by atoms with van der Waals surface area (Å²) in [4.78, 5) is 28.3. The monoisotopic (exact) mass is 375 g/mol. The average molecular weight is 375 g/mol. The number of ether oxygens (including phenoxy) is 1. The number of aromatic nitrogens is 1. The summed E-state index contributed by atoms with van der Waals surface area (Å²) in [5, 5.41) is 6.02. The Morgan fingerprint density at radius 3 is 2.29 bits per heavy atom. The molecule has 1 heterocycles. The van der Waals surface area contributed by atoms with Crippen LogP contribution in [-0.2, 0) is 4.74 Å². The van der Waals surface area contributed by atoms with Crippen LogP contribution in [0.3, 0.4) is 0 Å². The molecule has 6 heteroatoms. The van der Waals surface area contributed by atoms with E-state index in [0.717, 1.165) is 11.4 Å². The molecule has 3 rings (SSSR count). The predicted octanol–water partition coefficient (Wildman–Crippen LogP) is 4.56. The van der Waals surface area contributed by atoms with Crippen molar-refractivity contribution in [1.29, 1.82) is 0 Å². The van der Waals surface area contributed by atoms with Gasteiger partial charge in [0.05, 0.1) is 12.2 Å². The SMILES string of the molecule is CCOC(=O)c1ccc(NC(=O)c2cc(Nc3ccc(C)cc3)ccn2)cc1. The highest BCUT2D eigenvalue weighted by molar-refractivity contribution is 6.03. The zero-order valence-corrected chi connectivity index (χ0v) is 15.7. The minimum Gasteiger partial charge on any atom is -0.462 e. The first-order valence-corrected chi connectivity index (χ1v) is 8.93. The fraction of sp³-hybridized carbons (Fsp3) is 0.136. The van der Waals surface area contributed by atoms with E-state index in [1.165, 1.54) is 5.56 Å². The second-order valence-corrected chi connectivity index (χ2v) is 6.17. The number of carbonyl (C=O) groups excluding carboxylic acids is 2. The molecule has 28 heavy (non-hydrogen) atoms. The largest absolute Gasteiger partial charge is 0.462 e. The molecule has 3 aromatic rings. The predicted molar refractivity (Wildman–Crippen MR) is 109 cm³/mol. The fourth-order valence-electron chi connectivity index (χ4n) is 2.54. The average Bonchev–Trinajstić information content (AvgIpc) is 2.71. The molecule has 142 valence electrons. The lowest BCUT2D eigenvalue weighted by atomic mass is 10.2. The van der Waals surface area contributed by atoms with E-state index in [2.05, 4.69) is 15.6 Å². The highest BCUT2D eigenvalue weighted by Crippen LogP contribution is 2.18. The minimum atomic E-state index is -0.392. The van der Waals surface area contributed by atoms with Crippen LogP contribution in [0.1, 0.15) is 33.3 Å². The van der Waals surface area contributed by atoms with Crippen LogP contribution in [0.4, 0.5) is 17.1 Å². The lowest BCUT2D eigenvalue weighted by molar-refractivity contribution is 0.0526. The number of nitrogens with one attached hydrogen (secondary N) is 2. The second kappa shape index (κ2) is 8.81. The van der Waals surface area contributed by atoms with Crippen LogP contribution >= 0.6 is 0 Å². The quantitative estimate of drug-likeness (QED) is 0.617. The van der Waals surface area contributed by atoms with Gasteiger partial charge >= 0.3 is 5.97 Å². The van der Waals surface area contributed by atoms with Crippen LogP contribution in [0.25, 0.3) is 0 Å². The minimum absolute atomic E-state index is 0.284. The Hall–Kier alpha value is -3.67. The summed E-state index contributed by atoms with van der Waals surface area (Å²) in [6.45, 7) is 4.09. The van der Waals surface area contributed by atoms with Crippen LogP contribution in [0.5, 0.6) is 0 Å². The van der Waals surface area contributed by atoms with Gasteiger partial charge in [-0.05, 0) is 62.4 Å². The molecule has 1 amide bonds. The summed E-state index contributed by atoms with van der Waals surface area (Å²) in [6, 6.07) is 18.0. The molecule has 0 saturated carbocycles. The lowest BCUT2D eigenvalue weighted by Crippen LogP contribution is -2.14. The molecule has 0 aliphatic rings. The molecule has 0 unspecified atom stereocenters. The first-order chi connectivity index (χ1) is 13.5. The van der Waals surface area contributed by atoms with Gasteiger partial charge in [0, 0.05) is 23.3 Å². The third-order valence-electron chi connectivity index (χ3n) is 3.99. The van der Waals surface area contributed by atoms with Gasteiger partial charge in [0.2, 0.25) is 0 Å². The Balaban J connectivity index is 1.67. The van der Waals surface area contributed by atoms with E-state index < -0.39 is 5.97 Å². The van der Waals surface area contributed by atoms with Crippen molar-refractivity contribution in [2.45, 2.75) is 13.8 Å². The molecule has 6 nitrogen and oxygen atoms in total. The van der Waals surface area contributed by atoms with Gasteiger partial charge in [0.25, 0.3) is 5.91 Å². The molecule has 0 spiro atoms. The molecule has 0 bridgehead atoms. The van der Waals surface area contributed by atoms with Crippen LogP contribution in [0.15, 0.2) is 66.9 Å². The van der Waals surface area contributed by atoms with Gasteiger partial charge in [-0.2, -0.15) is 0 Å². The maximum absolute atomic E-state index is 12.5. The Morgan fingerprint density at radius 2 is 1.61 bits per heavy atom. The molecule has 2 N–H and O–H groups in total. The summed E-state index contributed by atoms with van der Waals surface area (Å²) in [5.74, 6) is -0.728. The topological polar surface area (TPSA) is 80.3 Å². The van der Waals surface area contributed by atoms with Crippen LogP contribution in [-0.4, -0.2) is 23.5 Å². The number of amides is 1. The first kappa shape index (κ1) is 19.1. The number of pyridine rings is 1. The number of hydrogen-bond acceptors (Lipinski definition) is 5. The third kappa shape index (κ3) is 4.94. The van der Waals surface area contributed by atoms with Crippen molar-refractivity contribution in [3.05, 3.63) is 83.7 Å². The Kier molecular flexibility index (Phi) is 6.01. The highest BCUT2D eigenvalue weighted by Gasteiger charge is 2.10. The van der Waals surface area contributed by atoms with E-state index in [4.69, 9.17) is 4.74 Å². The Labute approximate surface area is 163 Å². The normalized spacial score (nSPS) is 10.2. The summed E-state index contributed by atoms with van der Waals surface area (Å²) >= 11 is 0. The van der Waals surface area contributed by atoms with Gasteiger partial charge < -0.3 is 15.4 Å². The lowest BCUT2D eigenvalue weighted by Gasteiger charge is -2.09. The number of nitrogens with zero attached hydrogens (tertiary/aromatic N) is 1. The number of benzene rings is 2. The molecular formula is C22H21N3O3. The van der Waals surface area contributed by atoms with Gasteiger partial charge in [-0.25, -0.2) is 4.79 Å². The first-order valence-electron chi connectivity index (χ1n) is 8.93. The standard InChI is InChI=1S/C22H21N3O3/c1-3-28-22(27)16-6-10-18(11-7-16)25-21(26)20-14-19(12-13-23-20)24-17-8-4-15(2)5-9-17/h4-14H,3H2,1-2H3,(H,23,24)(H,25,26). The Bertz CT molecular complexity index is 967. The van der Waals surface area contributed by atoms with Crippen LogP contribution < -0.4 is 10.6 Å². The Morgan fingerprint density at radius 1 is 0.929 bits per heavy atom. The van der Waals surface area contributed by atoms with E-state index in [0.29, 0.717) is 17.9 Å². The molecule has 0 aliphatic carbocycles. The molecule has 0 radical (unpaired) electrons. The molecule has 0 aliphatic heterocycles. The summed E-state index contributed by atoms with van der Waals surface area (Å²) in [5.41, 5.74) is 4.15. The number of anilines is 3. The highest BCUT2D eigenvalue weighted by atomic mass is 16.5. The maximum atomic E-state index is 12.5.